The van der Waals surface area contributed by atoms with Crippen LogP contribution in [0.2, 0.25) is 0 Å². The zero-order chi connectivity index (χ0) is 17.6. The van der Waals surface area contributed by atoms with Gasteiger partial charge in [0.2, 0.25) is 5.95 Å². The topological polar surface area (TPSA) is 88.2 Å². The van der Waals surface area contributed by atoms with Crippen molar-refractivity contribution in [2.45, 2.75) is 31.1 Å². The molecule has 2 aromatic heterocycles. The Morgan fingerprint density at radius 1 is 1.36 bits per heavy atom. The molecular formula is C17H22N6OS. The number of carbonyl (C=O) groups is 1. The van der Waals surface area contributed by atoms with Crippen molar-refractivity contribution in [3.63, 3.8) is 0 Å². The van der Waals surface area contributed by atoms with Crippen molar-refractivity contribution < 1.29 is 4.79 Å². The average Bonchev–Trinajstić information content (AvgIpc) is 3.21. The summed E-state index contributed by atoms with van der Waals surface area (Å²) in [5.41, 5.74) is 8.22. The predicted molar refractivity (Wildman–Crippen MR) is 98.4 cm³/mol. The Kier molecular flexibility index (Phi) is 3.87. The summed E-state index contributed by atoms with van der Waals surface area (Å²) in [5, 5.41) is 2.62. The highest BCUT2D eigenvalue weighted by molar-refractivity contribution is 7.13. The molecule has 1 amide bonds. The van der Waals surface area contributed by atoms with Gasteiger partial charge in [0.05, 0.1) is 5.69 Å². The molecule has 1 aliphatic heterocycles. The van der Waals surface area contributed by atoms with Crippen molar-refractivity contribution in [1.82, 2.24) is 15.0 Å². The number of aryl methyl sites for hydroxylation is 1. The molecule has 2 aliphatic rings. The van der Waals surface area contributed by atoms with Crippen molar-refractivity contribution in [1.29, 1.82) is 0 Å². The summed E-state index contributed by atoms with van der Waals surface area (Å²) < 4.78 is 0. The molecule has 1 fully saturated rings. The van der Waals surface area contributed by atoms with Gasteiger partial charge >= 0.3 is 0 Å². The lowest BCUT2D eigenvalue weighted by Gasteiger charge is -2.40. The van der Waals surface area contributed by atoms with Gasteiger partial charge in [-0.25, -0.2) is 15.0 Å². The van der Waals surface area contributed by atoms with Crippen molar-refractivity contribution >= 4 is 28.3 Å². The van der Waals surface area contributed by atoms with Crippen LogP contribution in [0.25, 0.3) is 0 Å². The molecule has 0 saturated carbocycles. The van der Waals surface area contributed by atoms with Crippen molar-refractivity contribution in [3.8, 4) is 0 Å². The molecule has 1 spiro atoms. The van der Waals surface area contributed by atoms with E-state index in [1.54, 1.807) is 5.38 Å². The molecule has 1 saturated heterocycles. The molecule has 2 aromatic rings. The molecule has 132 valence electrons. The molecule has 1 aliphatic carbocycles. The SMILES string of the molecule is CN(C)c1ncc2c(n1)C1(CCCN(c3nc(C(N)=O)cs3)C1)CC2. The fraction of sp³-hybridized carbons (Fsp3) is 0.529. The fourth-order valence-electron chi connectivity index (χ4n) is 3.96. The Balaban J connectivity index is 1.65. The van der Waals surface area contributed by atoms with E-state index >= 15 is 0 Å². The second-order valence-corrected chi connectivity index (χ2v) is 7.96. The third kappa shape index (κ3) is 2.74. The van der Waals surface area contributed by atoms with Crippen LogP contribution in [0.15, 0.2) is 11.6 Å². The molecule has 1 unspecified atom stereocenters. The summed E-state index contributed by atoms with van der Waals surface area (Å²) in [7, 11) is 3.94. The third-order valence-corrected chi connectivity index (χ3v) is 6.12. The second-order valence-electron chi connectivity index (χ2n) is 7.12. The van der Waals surface area contributed by atoms with Crippen LogP contribution in [0, 0.1) is 0 Å². The predicted octanol–water partition coefficient (Wildman–Crippen LogP) is 1.58. The second kappa shape index (κ2) is 5.94. The number of piperidine rings is 1. The minimum absolute atomic E-state index is 0.0554. The van der Waals surface area contributed by atoms with Crippen LogP contribution in [-0.2, 0) is 11.8 Å². The number of nitrogens with zero attached hydrogens (tertiary/aromatic N) is 5. The highest BCUT2D eigenvalue weighted by Gasteiger charge is 2.44. The highest BCUT2D eigenvalue weighted by Crippen LogP contribution is 2.45. The maximum Gasteiger partial charge on any atom is 0.268 e. The number of carbonyl (C=O) groups excluding carboxylic acids is 1. The van der Waals surface area contributed by atoms with Crippen LogP contribution < -0.4 is 15.5 Å². The first-order chi connectivity index (χ1) is 12.0. The molecule has 2 N–H and O–H groups in total. The Morgan fingerprint density at radius 3 is 2.92 bits per heavy atom. The number of primary amides is 1. The quantitative estimate of drug-likeness (QED) is 0.896. The number of amides is 1. The Bertz CT molecular complexity index is 815. The van der Waals surface area contributed by atoms with Crippen LogP contribution in [-0.4, -0.2) is 48.0 Å². The lowest BCUT2D eigenvalue weighted by atomic mass is 9.77. The molecule has 0 radical (unpaired) electrons. The minimum atomic E-state index is -0.469. The molecule has 0 aromatic carbocycles. The summed E-state index contributed by atoms with van der Waals surface area (Å²) in [6.45, 7) is 1.84. The minimum Gasteiger partial charge on any atom is -0.364 e. The number of nitrogens with two attached hydrogens (primary N) is 1. The molecule has 4 rings (SSSR count). The monoisotopic (exact) mass is 358 g/mol. The number of rotatable bonds is 3. The molecule has 7 nitrogen and oxygen atoms in total. The van der Waals surface area contributed by atoms with Crippen LogP contribution in [0.3, 0.4) is 0 Å². The van der Waals surface area contributed by atoms with Gasteiger partial charge in [-0.1, -0.05) is 0 Å². The van der Waals surface area contributed by atoms with E-state index < -0.39 is 5.91 Å². The fourth-order valence-corrected chi connectivity index (χ4v) is 4.80. The number of hydrogen-bond donors (Lipinski definition) is 1. The van der Waals surface area contributed by atoms with Gasteiger partial charge in [0, 0.05) is 44.2 Å². The van der Waals surface area contributed by atoms with Gasteiger partial charge in [-0.05, 0) is 31.2 Å². The number of thiazole rings is 1. The van der Waals surface area contributed by atoms with Gasteiger partial charge in [-0.3, -0.25) is 4.79 Å². The maximum absolute atomic E-state index is 11.3. The van der Waals surface area contributed by atoms with Crippen molar-refractivity contribution in [2.75, 3.05) is 37.0 Å². The number of anilines is 2. The third-order valence-electron chi connectivity index (χ3n) is 5.22. The molecular weight excluding hydrogens is 336 g/mol. The van der Waals surface area contributed by atoms with E-state index in [1.807, 2.05) is 25.2 Å². The molecule has 3 heterocycles. The Labute approximate surface area is 150 Å². The van der Waals surface area contributed by atoms with Crippen LogP contribution in [0.5, 0.6) is 0 Å². The lowest BCUT2D eigenvalue weighted by molar-refractivity contribution is 0.0996. The molecule has 1 atom stereocenters. The standard InChI is InChI=1S/C17H22N6OS/c1-22(2)15-19-8-11-4-6-17(13(11)21-15)5-3-7-23(10-17)16-20-12(9-25-16)14(18)24/h8-9H,3-7,10H2,1-2H3,(H2,18,24). The Morgan fingerprint density at radius 2 is 2.20 bits per heavy atom. The van der Waals surface area contributed by atoms with Gasteiger partial charge in [-0.2, -0.15) is 0 Å². The normalized spacial score (nSPS) is 22.2. The molecule has 0 bridgehead atoms. The first-order valence-electron chi connectivity index (χ1n) is 8.52. The molecule has 25 heavy (non-hydrogen) atoms. The number of hydrogen-bond acceptors (Lipinski definition) is 7. The van der Waals surface area contributed by atoms with Crippen molar-refractivity contribution in [2.24, 2.45) is 5.73 Å². The van der Waals surface area contributed by atoms with E-state index in [-0.39, 0.29) is 5.41 Å². The number of fused-ring (bicyclic) bond motifs is 2. The zero-order valence-electron chi connectivity index (χ0n) is 14.5. The first kappa shape index (κ1) is 16.3. The zero-order valence-corrected chi connectivity index (χ0v) is 15.3. The highest BCUT2D eigenvalue weighted by atomic mass is 32.1. The maximum atomic E-state index is 11.3. The van der Waals surface area contributed by atoms with E-state index in [4.69, 9.17) is 10.7 Å². The van der Waals surface area contributed by atoms with Gasteiger partial charge in [0.15, 0.2) is 5.13 Å². The summed E-state index contributed by atoms with van der Waals surface area (Å²) >= 11 is 1.49. The first-order valence-corrected chi connectivity index (χ1v) is 9.40. The largest absolute Gasteiger partial charge is 0.364 e. The lowest BCUT2D eigenvalue weighted by Crippen LogP contribution is -2.45. The van der Waals surface area contributed by atoms with E-state index in [9.17, 15) is 4.79 Å². The number of aromatic nitrogens is 3. The smallest absolute Gasteiger partial charge is 0.268 e. The van der Waals surface area contributed by atoms with Gasteiger partial charge in [0.25, 0.3) is 5.91 Å². The molecule has 8 heteroatoms. The average molecular weight is 358 g/mol. The van der Waals surface area contributed by atoms with Crippen LogP contribution >= 0.6 is 11.3 Å². The van der Waals surface area contributed by atoms with Gasteiger partial charge < -0.3 is 15.5 Å². The van der Waals surface area contributed by atoms with Crippen molar-refractivity contribution in [3.05, 3.63) is 28.5 Å². The van der Waals surface area contributed by atoms with E-state index in [0.29, 0.717) is 5.69 Å². The summed E-state index contributed by atoms with van der Waals surface area (Å²) in [6.07, 6.45) is 6.33. The van der Waals surface area contributed by atoms with Crippen LogP contribution in [0.4, 0.5) is 11.1 Å². The summed E-state index contributed by atoms with van der Waals surface area (Å²) in [4.78, 5) is 29.3. The van der Waals surface area contributed by atoms with Crippen LogP contribution in [0.1, 0.15) is 41.0 Å². The van der Waals surface area contributed by atoms with Gasteiger partial charge in [-0.15, -0.1) is 11.3 Å². The van der Waals surface area contributed by atoms with E-state index in [2.05, 4.69) is 14.9 Å². The Hall–Kier alpha value is -2.22. The van der Waals surface area contributed by atoms with E-state index in [0.717, 1.165) is 49.9 Å². The summed E-state index contributed by atoms with van der Waals surface area (Å²) in [5.74, 6) is 0.297. The summed E-state index contributed by atoms with van der Waals surface area (Å²) in [6, 6.07) is 0. The van der Waals surface area contributed by atoms with Gasteiger partial charge in [0.1, 0.15) is 5.69 Å². The van der Waals surface area contributed by atoms with E-state index in [1.165, 1.54) is 22.6 Å².